The van der Waals surface area contributed by atoms with Gasteiger partial charge in [-0.2, -0.15) is 0 Å². The van der Waals surface area contributed by atoms with Crippen LogP contribution in [0.25, 0.3) is 0 Å². The number of benzene rings is 2. The van der Waals surface area contributed by atoms with Crippen molar-refractivity contribution in [2.75, 3.05) is 7.11 Å². The number of rotatable bonds is 7. The second-order valence-corrected chi connectivity index (χ2v) is 6.33. The van der Waals surface area contributed by atoms with Crippen molar-refractivity contribution in [1.82, 2.24) is 5.32 Å². The molecule has 4 heteroatoms. The molecule has 0 spiro atoms. The highest BCUT2D eigenvalue weighted by atomic mass is 16.5. The lowest BCUT2D eigenvalue weighted by molar-refractivity contribution is 0.0929. The molecule has 2 rings (SSSR count). The van der Waals surface area contributed by atoms with Crippen LogP contribution in [0.3, 0.4) is 0 Å². The lowest BCUT2D eigenvalue weighted by Crippen LogP contribution is -2.29. The number of nitrogens with one attached hydrogen (secondary N) is 1. The lowest BCUT2D eigenvalue weighted by atomic mass is 10.0. The van der Waals surface area contributed by atoms with Crippen molar-refractivity contribution < 1.29 is 14.3 Å². The van der Waals surface area contributed by atoms with E-state index in [4.69, 9.17) is 9.47 Å². The smallest absolute Gasteiger partial charge is 0.255 e. The van der Waals surface area contributed by atoms with Gasteiger partial charge in [0.2, 0.25) is 0 Å². The minimum absolute atomic E-state index is 0.0140. The minimum atomic E-state index is -0.128. The topological polar surface area (TPSA) is 47.6 Å². The summed E-state index contributed by atoms with van der Waals surface area (Å²) in [5.41, 5.74) is 2.67. The number of methoxy groups -OCH3 is 1. The molecule has 0 fully saturated rings. The number of ether oxygens (including phenoxy) is 2. The molecule has 0 aliphatic rings. The van der Waals surface area contributed by atoms with Crippen LogP contribution in [0.15, 0.2) is 42.5 Å². The van der Waals surface area contributed by atoms with Gasteiger partial charge in [0.1, 0.15) is 11.5 Å². The predicted octanol–water partition coefficient (Wildman–Crippen LogP) is 4.67. The summed E-state index contributed by atoms with van der Waals surface area (Å²) in [7, 11) is 1.66. The van der Waals surface area contributed by atoms with Gasteiger partial charge in [-0.3, -0.25) is 4.79 Å². The molecule has 1 N–H and O–H groups in total. The van der Waals surface area contributed by atoms with E-state index in [2.05, 4.69) is 18.3 Å². The normalized spacial score (nSPS) is 11.9. The molecule has 0 aromatic heterocycles. The quantitative estimate of drug-likeness (QED) is 0.796. The number of aryl methyl sites for hydroxylation is 1. The Kier molecular flexibility index (Phi) is 6.45. The summed E-state index contributed by atoms with van der Waals surface area (Å²) in [6.45, 7) is 7.96. The van der Waals surface area contributed by atoms with Crippen LogP contribution < -0.4 is 14.8 Å². The predicted molar refractivity (Wildman–Crippen MR) is 100 cm³/mol. The van der Waals surface area contributed by atoms with E-state index in [0.717, 1.165) is 23.3 Å². The Morgan fingerprint density at radius 2 is 1.84 bits per heavy atom. The summed E-state index contributed by atoms with van der Waals surface area (Å²) in [5, 5.41) is 3.12. The summed E-state index contributed by atoms with van der Waals surface area (Å²) in [5.74, 6) is 1.33. The van der Waals surface area contributed by atoms with Crippen LogP contribution in [-0.4, -0.2) is 19.1 Å². The lowest BCUT2D eigenvalue weighted by Gasteiger charge is -2.20. The van der Waals surface area contributed by atoms with Crippen molar-refractivity contribution in [3.63, 3.8) is 0 Å². The highest BCUT2D eigenvalue weighted by Gasteiger charge is 2.18. The first-order chi connectivity index (χ1) is 12.0. The zero-order valence-electron chi connectivity index (χ0n) is 15.6. The first kappa shape index (κ1) is 18.8. The Balaban J connectivity index is 2.22. The summed E-state index contributed by atoms with van der Waals surface area (Å²) < 4.78 is 11.1. The number of carbonyl (C=O) groups is 1. The molecule has 2 aromatic rings. The first-order valence-electron chi connectivity index (χ1n) is 8.67. The second-order valence-electron chi connectivity index (χ2n) is 6.33. The fraction of sp³-hybridized carbons (Fsp3) is 0.381. The van der Waals surface area contributed by atoms with Gasteiger partial charge in [0.05, 0.1) is 24.8 Å². The van der Waals surface area contributed by atoms with Crippen molar-refractivity contribution >= 4 is 5.91 Å². The Bertz CT molecular complexity index is 725. The molecule has 1 amide bonds. The van der Waals surface area contributed by atoms with E-state index >= 15 is 0 Å². The third kappa shape index (κ3) is 4.75. The van der Waals surface area contributed by atoms with Gasteiger partial charge in [-0.15, -0.1) is 0 Å². The summed E-state index contributed by atoms with van der Waals surface area (Å²) in [4.78, 5) is 12.8. The van der Waals surface area contributed by atoms with Gasteiger partial charge in [-0.1, -0.05) is 31.2 Å². The van der Waals surface area contributed by atoms with Gasteiger partial charge in [-0.05, 0) is 56.5 Å². The standard InChI is InChI=1S/C21H27NO3/c1-6-18(16-11-12-19(24-5)15(4)13-16)22-21(23)17-9-7-8-10-20(17)25-14(2)3/h7-14,18H,6H2,1-5H3,(H,22,23)/t18-/m0/s1. The van der Waals surface area contributed by atoms with E-state index in [1.54, 1.807) is 13.2 Å². The molecule has 0 heterocycles. The molecule has 0 bridgehead atoms. The van der Waals surface area contributed by atoms with Gasteiger partial charge in [0.25, 0.3) is 5.91 Å². The van der Waals surface area contributed by atoms with Crippen LogP contribution in [0.1, 0.15) is 54.7 Å². The maximum atomic E-state index is 12.8. The molecule has 2 aromatic carbocycles. The van der Waals surface area contributed by atoms with Gasteiger partial charge < -0.3 is 14.8 Å². The molecule has 134 valence electrons. The largest absolute Gasteiger partial charge is 0.496 e. The molecule has 1 atom stereocenters. The molecule has 0 aliphatic heterocycles. The van der Waals surface area contributed by atoms with Crippen LogP contribution in [0, 0.1) is 6.92 Å². The number of hydrogen-bond donors (Lipinski definition) is 1. The molecule has 0 saturated heterocycles. The van der Waals surface area contributed by atoms with Crippen LogP contribution in [0.2, 0.25) is 0 Å². The van der Waals surface area contributed by atoms with Crippen molar-refractivity contribution in [2.45, 2.75) is 46.3 Å². The van der Waals surface area contributed by atoms with E-state index in [-0.39, 0.29) is 18.1 Å². The minimum Gasteiger partial charge on any atom is -0.496 e. The van der Waals surface area contributed by atoms with Crippen LogP contribution in [0.5, 0.6) is 11.5 Å². The Morgan fingerprint density at radius 1 is 1.12 bits per heavy atom. The Morgan fingerprint density at radius 3 is 2.44 bits per heavy atom. The third-order valence-electron chi connectivity index (χ3n) is 4.03. The van der Waals surface area contributed by atoms with Crippen molar-refractivity contribution in [1.29, 1.82) is 0 Å². The Labute approximate surface area is 150 Å². The van der Waals surface area contributed by atoms with Crippen LogP contribution in [0.4, 0.5) is 0 Å². The monoisotopic (exact) mass is 341 g/mol. The van der Waals surface area contributed by atoms with E-state index in [0.29, 0.717) is 11.3 Å². The van der Waals surface area contributed by atoms with Crippen LogP contribution in [-0.2, 0) is 0 Å². The van der Waals surface area contributed by atoms with Gasteiger partial charge in [0.15, 0.2) is 0 Å². The molecular weight excluding hydrogens is 314 g/mol. The first-order valence-corrected chi connectivity index (χ1v) is 8.67. The van der Waals surface area contributed by atoms with E-state index in [9.17, 15) is 4.79 Å². The SMILES string of the molecule is CC[C@H](NC(=O)c1ccccc1OC(C)C)c1ccc(OC)c(C)c1. The Hall–Kier alpha value is -2.49. The number of hydrogen-bond acceptors (Lipinski definition) is 3. The average molecular weight is 341 g/mol. The van der Waals surface area contributed by atoms with Crippen molar-refractivity contribution in [3.05, 3.63) is 59.2 Å². The van der Waals surface area contributed by atoms with Gasteiger partial charge >= 0.3 is 0 Å². The van der Waals surface area contributed by atoms with E-state index in [1.165, 1.54) is 0 Å². The third-order valence-corrected chi connectivity index (χ3v) is 4.03. The van der Waals surface area contributed by atoms with E-state index in [1.807, 2.05) is 51.1 Å². The fourth-order valence-electron chi connectivity index (χ4n) is 2.79. The van der Waals surface area contributed by atoms with Gasteiger partial charge in [-0.25, -0.2) is 0 Å². The van der Waals surface area contributed by atoms with Crippen LogP contribution >= 0.6 is 0 Å². The average Bonchev–Trinajstić information content (AvgIpc) is 2.59. The maximum Gasteiger partial charge on any atom is 0.255 e. The molecule has 0 aliphatic carbocycles. The number of carbonyl (C=O) groups excluding carboxylic acids is 1. The maximum absolute atomic E-state index is 12.8. The van der Waals surface area contributed by atoms with Crippen molar-refractivity contribution in [2.24, 2.45) is 0 Å². The zero-order valence-corrected chi connectivity index (χ0v) is 15.6. The fourth-order valence-corrected chi connectivity index (χ4v) is 2.79. The molecule has 0 unspecified atom stereocenters. The molecular formula is C21H27NO3. The summed E-state index contributed by atoms with van der Waals surface area (Å²) in [6.07, 6.45) is 0.810. The zero-order chi connectivity index (χ0) is 18.4. The molecule has 25 heavy (non-hydrogen) atoms. The summed E-state index contributed by atoms with van der Waals surface area (Å²) in [6, 6.07) is 13.3. The molecule has 4 nitrogen and oxygen atoms in total. The molecule has 0 radical (unpaired) electrons. The number of amides is 1. The van der Waals surface area contributed by atoms with Crippen molar-refractivity contribution in [3.8, 4) is 11.5 Å². The highest BCUT2D eigenvalue weighted by molar-refractivity contribution is 5.97. The second kappa shape index (κ2) is 8.56. The number of para-hydroxylation sites is 1. The van der Waals surface area contributed by atoms with Gasteiger partial charge in [0, 0.05) is 0 Å². The summed E-state index contributed by atoms with van der Waals surface area (Å²) >= 11 is 0. The highest BCUT2D eigenvalue weighted by Crippen LogP contribution is 2.26. The molecule has 0 saturated carbocycles. The van der Waals surface area contributed by atoms with E-state index < -0.39 is 0 Å².